The van der Waals surface area contributed by atoms with Crippen LogP contribution in [-0.2, 0) is 10.3 Å². The molecule has 0 saturated carbocycles. The second-order valence-corrected chi connectivity index (χ2v) is 15.1. The molecule has 0 atom stereocenters. The van der Waals surface area contributed by atoms with E-state index in [1.54, 1.807) is 17.4 Å². The van der Waals surface area contributed by atoms with Crippen LogP contribution in [0.4, 0.5) is 17.1 Å². The van der Waals surface area contributed by atoms with E-state index in [-0.39, 0.29) is 11.1 Å². The topological polar surface area (TPSA) is 69.3 Å². The SMILES string of the molecule is CC(C)(C)n1c2cc(-c3ccc(N(c4ccccc4)c4ccccc4)cc3)sc2c2sc(-c3ccc(/C=C(\C#N)C(=O)O)s3)cc21. The first-order valence-corrected chi connectivity index (χ1v) is 17.2. The molecule has 8 heteroatoms. The summed E-state index contributed by atoms with van der Waals surface area (Å²) in [7, 11) is 0. The average molecular weight is 656 g/mol. The lowest BCUT2D eigenvalue weighted by atomic mass is 10.1. The first kappa shape index (κ1) is 29.8. The average Bonchev–Trinajstić information content (AvgIpc) is 3.83. The molecule has 7 rings (SSSR count). The van der Waals surface area contributed by atoms with Crippen molar-refractivity contribution >= 4 is 83.6 Å². The highest BCUT2D eigenvalue weighted by Crippen LogP contribution is 2.48. The molecule has 0 radical (unpaired) electrons. The molecule has 0 spiro atoms. The van der Waals surface area contributed by atoms with Crippen LogP contribution in [0.1, 0.15) is 25.6 Å². The van der Waals surface area contributed by atoms with Crippen LogP contribution in [0.25, 0.3) is 46.7 Å². The second kappa shape index (κ2) is 11.8. The zero-order valence-electron chi connectivity index (χ0n) is 25.4. The van der Waals surface area contributed by atoms with Crippen molar-refractivity contribution in [1.82, 2.24) is 4.57 Å². The summed E-state index contributed by atoms with van der Waals surface area (Å²) < 4.78 is 4.95. The Balaban J connectivity index is 1.28. The first-order valence-electron chi connectivity index (χ1n) is 14.8. The maximum absolute atomic E-state index is 11.3. The molecular formula is C38H29N3O2S3. The maximum atomic E-state index is 11.3. The van der Waals surface area contributed by atoms with Gasteiger partial charge in [0, 0.05) is 42.1 Å². The number of aromatic nitrogens is 1. The standard InChI is InChI=1S/C38H29N3O2S3/c1-38(2,3)41-30-21-33(24-14-16-28(17-15-24)40(26-10-6-4-7-11-26)27-12-8-5-9-13-27)45-35(30)36-31(41)22-34(46-36)32-19-18-29(44-32)20-25(23-39)37(42)43/h4-22H,1-3H3,(H,42,43)/b25-20+. The first-order chi connectivity index (χ1) is 22.2. The lowest BCUT2D eigenvalue weighted by Gasteiger charge is -2.25. The van der Waals surface area contributed by atoms with Crippen molar-refractivity contribution in [1.29, 1.82) is 5.26 Å². The molecule has 0 aliphatic carbocycles. The number of carboxylic acid groups (broad SMARTS) is 1. The molecular weight excluding hydrogens is 627 g/mol. The zero-order chi connectivity index (χ0) is 32.0. The summed E-state index contributed by atoms with van der Waals surface area (Å²) in [5.74, 6) is -1.21. The van der Waals surface area contributed by atoms with Gasteiger partial charge in [-0.1, -0.05) is 48.5 Å². The molecule has 5 nitrogen and oxygen atoms in total. The number of benzene rings is 3. The van der Waals surface area contributed by atoms with Gasteiger partial charge in [0.25, 0.3) is 0 Å². The van der Waals surface area contributed by atoms with Gasteiger partial charge in [-0.15, -0.1) is 34.0 Å². The number of rotatable bonds is 7. The van der Waals surface area contributed by atoms with E-state index in [0.29, 0.717) is 0 Å². The number of carboxylic acids is 1. The molecule has 7 aromatic rings. The lowest BCUT2D eigenvalue weighted by molar-refractivity contribution is -0.132. The molecule has 3 aromatic carbocycles. The summed E-state index contributed by atoms with van der Waals surface area (Å²) in [5.41, 5.74) is 6.52. The molecule has 0 amide bonds. The van der Waals surface area contributed by atoms with Gasteiger partial charge in [-0.25, -0.2) is 4.79 Å². The number of hydrogen-bond acceptors (Lipinski definition) is 6. The number of hydrogen-bond donors (Lipinski definition) is 1. The summed E-state index contributed by atoms with van der Waals surface area (Å²) in [6, 6.07) is 39.9. The van der Waals surface area contributed by atoms with Gasteiger partial charge in [0.1, 0.15) is 11.6 Å². The molecule has 0 bridgehead atoms. The van der Waals surface area contributed by atoms with Gasteiger partial charge in [0.2, 0.25) is 0 Å². The Morgan fingerprint density at radius 3 is 1.83 bits per heavy atom. The predicted molar refractivity (Wildman–Crippen MR) is 195 cm³/mol. The van der Waals surface area contributed by atoms with Crippen molar-refractivity contribution in [2.75, 3.05) is 4.90 Å². The molecule has 0 aliphatic heterocycles. The Morgan fingerprint density at radius 1 is 0.739 bits per heavy atom. The number of anilines is 3. The Morgan fingerprint density at radius 2 is 1.28 bits per heavy atom. The molecule has 0 aliphatic rings. The molecule has 0 unspecified atom stereocenters. The maximum Gasteiger partial charge on any atom is 0.346 e. The minimum Gasteiger partial charge on any atom is -0.477 e. The molecule has 4 heterocycles. The van der Waals surface area contributed by atoms with Crippen LogP contribution in [0, 0.1) is 11.3 Å². The van der Waals surface area contributed by atoms with Gasteiger partial charge in [-0.3, -0.25) is 0 Å². The minimum absolute atomic E-state index is 0.140. The summed E-state index contributed by atoms with van der Waals surface area (Å²) >= 11 is 5.08. The zero-order valence-corrected chi connectivity index (χ0v) is 27.8. The number of nitrogens with zero attached hydrogens (tertiary/aromatic N) is 3. The number of thiophene rings is 3. The van der Waals surface area contributed by atoms with E-state index >= 15 is 0 Å². The van der Waals surface area contributed by atoms with E-state index in [9.17, 15) is 15.2 Å². The number of fused-ring (bicyclic) bond motifs is 3. The fourth-order valence-corrected chi connectivity index (χ4v) is 9.23. The van der Waals surface area contributed by atoms with E-state index < -0.39 is 5.97 Å². The molecule has 0 saturated heterocycles. The van der Waals surface area contributed by atoms with Gasteiger partial charge >= 0.3 is 5.97 Å². The summed E-state index contributed by atoms with van der Waals surface area (Å²) in [4.78, 5) is 17.8. The van der Waals surface area contributed by atoms with Crippen molar-refractivity contribution in [3.05, 3.63) is 120 Å². The molecule has 0 fully saturated rings. The predicted octanol–water partition coefficient (Wildman–Crippen LogP) is 11.5. The third-order valence-corrected chi connectivity index (χ3v) is 11.4. The van der Waals surface area contributed by atoms with Crippen molar-refractivity contribution in [2.24, 2.45) is 0 Å². The Hall–Kier alpha value is -4.94. The van der Waals surface area contributed by atoms with Crippen LogP contribution < -0.4 is 4.90 Å². The normalized spacial score (nSPS) is 12.1. The Bertz CT molecular complexity index is 2230. The molecule has 46 heavy (non-hydrogen) atoms. The second-order valence-electron chi connectivity index (χ2n) is 11.9. The van der Waals surface area contributed by atoms with E-state index in [0.717, 1.165) is 31.7 Å². The van der Waals surface area contributed by atoms with Gasteiger partial charge in [-0.05, 0) is 93.1 Å². The largest absolute Gasteiger partial charge is 0.477 e. The van der Waals surface area contributed by atoms with Crippen molar-refractivity contribution < 1.29 is 9.90 Å². The van der Waals surface area contributed by atoms with E-state index in [4.69, 9.17) is 0 Å². The fourth-order valence-electron chi connectivity index (χ4n) is 5.76. The number of aliphatic carboxylic acids is 1. The monoisotopic (exact) mass is 655 g/mol. The van der Waals surface area contributed by atoms with Crippen LogP contribution in [0.15, 0.2) is 115 Å². The highest BCUT2D eigenvalue weighted by atomic mass is 32.1. The quantitative estimate of drug-likeness (QED) is 0.137. The van der Waals surface area contributed by atoms with Gasteiger partial charge < -0.3 is 14.6 Å². The van der Waals surface area contributed by atoms with Gasteiger partial charge in [0.15, 0.2) is 0 Å². The minimum atomic E-state index is -1.21. The Kier molecular flexibility index (Phi) is 7.61. The molecule has 226 valence electrons. The molecule has 4 aromatic heterocycles. The summed E-state index contributed by atoms with van der Waals surface area (Å²) in [5, 5.41) is 18.4. The number of carbonyl (C=O) groups is 1. The van der Waals surface area contributed by atoms with Gasteiger partial charge in [-0.2, -0.15) is 5.26 Å². The van der Waals surface area contributed by atoms with Crippen molar-refractivity contribution in [2.45, 2.75) is 26.3 Å². The van der Waals surface area contributed by atoms with E-state index in [1.807, 2.05) is 35.6 Å². The smallest absolute Gasteiger partial charge is 0.346 e. The van der Waals surface area contributed by atoms with Gasteiger partial charge in [0.05, 0.1) is 20.4 Å². The van der Waals surface area contributed by atoms with Crippen molar-refractivity contribution in [3.8, 4) is 26.3 Å². The third-order valence-electron chi connectivity index (χ3n) is 7.73. The number of para-hydroxylation sites is 2. The summed E-state index contributed by atoms with van der Waals surface area (Å²) in [6.45, 7) is 6.71. The number of nitriles is 1. The highest BCUT2D eigenvalue weighted by Gasteiger charge is 2.25. The van der Waals surface area contributed by atoms with E-state index in [1.165, 1.54) is 48.3 Å². The third kappa shape index (κ3) is 5.43. The summed E-state index contributed by atoms with van der Waals surface area (Å²) in [6.07, 6.45) is 1.44. The van der Waals surface area contributed by atoms with Crippen LogP contribution >= 0.6 is 34.0 Å². The van der Waals surface area contributed by atoms with Crippen LogP contribution in [-0.4, -0.2) is 15.6 Å². The van der Waals surface area contributed by atoms with Crippen LogP contribution in [0.3, 0.4) is 0 Å². The fraction of sp³-hybridized carbons (Fsp3) is 0.105. The van der Waals surface area contributed by atoms with Crippen LogP contribution in [0.5, 0.6) is 0 Å². The lowest BCUT2D eigenvalue weighted by Crippen LogP contribution is -2.20. The van der Waals surface area contributed by atoms with Crippen molar-refractivity contribution in [3.63, 3.8) is 0 Å². The Labute approximate surface area is 279 Å². The molecule has 1 N–H and O–H groups in total. The van der Waals surface area contributed by atoms with E-state index in [2.05, 4.69) is 115 Å². The van der Waals surface area contributed by atoms with Crippen LogP contribution in [0.2, 0.25) is 0 Å². The highest BCUT2D eigenvalue weighted by molar-refractivity contribution is 7.31.